The molecule has 0 spiro atoms. The number of carbonyl (C=O) groups is 1. The number of amides is 1. The Morgan fingerprint density at radius 2 is 2.18 bits per heavy atom. The molecule has 0 saturated carbocycles. The van der Waals surface area contributed by atoms with Gasteiger partial charge in [-0.3, -0.25) is 4.79 Å². The van der Waals surface area contributed by atoms with Gasteiger partial charge in [-0.05, 0) is 24.6 Å². The van der Waals surface area contributed by atoms with Gasteiger partial charge >= 0.3 is 0 Å². The van der Waals surface area contributed by atoms with E-state index in [4.69, 9.17) is 11.5 Å². The number of nitrogens with zero attached hydrogens (tertiary/aromatic N) is 1. The molecule has 92 valence electrons. The molecule has 5 nitrogen and oxygen atoms in total. The maximum atomic E-state index is 11.8. The fourth-order valence-electron chi connectivity index (χ4n) is 2.17. The van der Waals surface area contributed by atoms with Crippen molar-refractivity contribution < 1.29 is 4.79 Å². The molecule has 17 heavy (non-hydrogen) atoms. The van der Waals surface area contributed by atoms with Crippen LogP contribution in [0.4, 0.5) is 17.1 Å². The summed E-state index contributed by atoms with van der Waals surface area (Å²) in [5.74, 6) is 0.0779. The number of carbonyl (C=O) groups excluding carboxylic acids is 1. The molecule has 1 atom stereocenters. The Labute approximate surface area is 101 Å². The van der Waals surface area contributed by atoms with Crippen LogP contribution in [0.15, 0.2) is 18.2 Å². The molecule has 5 N–H and O–H groups in total. The smallest absolute Gasteiger partial charge is 0.242 e. The third kappa shape index (κ3) is 2.13. The molecule has 1 aliphatic rings. The van der Waals surface area contributed by atoms with Crippen LogP contribution in [0.2, 0.25) is 0 Å². The van der Waals surface area contributed by atoms with Gasteiger partial charge in [0.15, 0.2) is 0 Å². The fraction of sp³-hybridized carbons (Fsp3) is 0.417. The molecule has 1 aromatic rings. The molecule has 0 aliphatic carbocycles. The lowest BCUT2D eigenvalue weighted by molar-refractivity contribution is -0.123. The predicted octanol–water partition coefficient (Wildman–Crippen LogP) is 0.566. The number of hydrogen-bond donors (Lipinski definition) is 3. The molecule has 1 saturated heterocycles. The molecule has 0 bridgehead atoms. The Morgan fingerprint density at radius 1 is 1.41 bits per heavy atom. The summed E-state index contributed by atoms with van der Waals surface area (Å²) in [5, 5.41) is 2.87. The number of anilines is 3. The van der Waals surface area contributed by atoms with Gasteiger partial charge in [0.2, 0.25) is 5.91 Å². The molecule has 1 amide bonds. The van der Waals surface area contributed by atoms with E-state index in [-0.39, 0.29) is 11.9 Å². The molecule has 2 rings (SSSR count). The summed E-state index contributed by atoms with van der Waals surface area (Å²) in [4.78, 5) is 13.8. The van der Waals surface area contributed by atoms with Crippen LogP contribution in [0.1, 0.15) is 13.3 Å². The Balaban J connectivity index is 2.30. The first-order valence-electron chi connectivity index (χ1n) is 5.83. The van der Waals surface area contributed by atoms with Crippen LogP contribution in [0.3, 0.4) is 0 Å². The molecule has 1 heterocycles. The number of benzene rings is 1. The van der Waals surface area contributed by atoms with E-state index in [2.05, 4.69) is 10.2 Å². The summed E-state index contributed by atoms with van der Waals surface area (Å²) >= 11 is 0. The zero-order valence-corrected chi connectivity index (χ0v) is 9.94. The number of nitrogen functional groups attached to an aromatic ring is 2. The minimum Gasteiger partial charge on any atom is -0.397 e. The van der Waals surface area contributed by atoms with Crippen molar-refractivity contribution in [3.05, 3.63) is 18.2 Å². The van der Waals surface area contributed by atoms with Crippen molar-refractivity contribution in [1.29, 1.82) is 0 Å². The minimum absolute atomic E-state index is 0.0779. The van der Waals surface area contributed by atoms with E-state index < -0.39 is 0 Å². The van der Waals surface area contributed by atoms with Crippen molar-refractivity contribution in [2.24, 2.45) is 0 Å². The standard InChI is InChI=1S/C12H18N4O/c1-2-11-12(17)15-5-6-16(11)8-3-4-9(13)10(14)7-8/h3-4,7,11H,2,5-6,13-14H2,1H3,(H,15,17). The van der Waals surface area contributed by atoms with Crippen LogP contribution < -0.4 is 21.7 Å². The number of nitrogens with one attached hydrogen (secondary N) is 1. The number of hydrogen-bond acceptors (Lipinski definition) is 4. The lowest BCUT2D eigenvalue weighted by Crippen LogP contribution is -2.55. The first-order chi connectivity index (χ1) is 8.13. The van der Waals surface area contributed by atoms with Gasteiger partial charge in [0.05, 0.1) is 11.4 Å². The second kappa shape index (κ2) is 4.53. The average Bonchev–Trinajstić information content (AvgIpc) is 2.32. The van der Waals surface area contributed by atoms with Crippen LogP contribution in [-0.2, 0) is 4.79 Å². The summed E-state index contributed by atoms with van der Waals surface area (Å²) < 4.78 is 0. The molecule has 1 aliphatic heterocycles. The monoisotopic (exact) mass is 234 g/mol. The van der Waals surface area contributed by atoms with E-state index in [1.807, 2.05) is 19.1 Å². The minimum atomic E-state index is -0.119. The van der Waals surface area contributed by atoms with Crippen molar-refractivity contribution in [2.45, 2.75) is 19.4 Å². The lowest BCUT2D eigenvalue weighted by atomic mass is 10.1. The topological polar surface area (TPSA) is 84.4 Å². The van der Waals surface area contributed by atoms with Gasteiger partial charge in [0.25, 0.3) is 0 Å². The molecule has 1 fully saturated rings. The SMILES string of the molecule is CCC1C(=O)NCCN1c1ccc(N)c(N)c1. The summed E-state index contributed by atoms with van der Waals surface area (Å²) in [6.45, 7) is 3.47. The van der Waals surface area contributed by atoms with Crippen molar-refractivity contribution in [3.8, 4) is 0 Å². The molecular weight excluding hydrogens is 216 g/mol. The highest BCUT2D eigenvalue weighted by molar-refractivity contribution is 5.87. The van der Waals surface area contributed by atoms with Crippen molar-refractivity contribution >= 4 is 23.0 Å². The van der Waals surface area contributed by atoms with Crippen molar-refractivity contribution in [3.63, 3.8) is 0 Å². The largest absolute Gasteiger partial charge is 0.397 e. The van der Waals surface area contributed by atoms with E-state index in [1.54, 1.807) is 6.07 Å². The Kier molecular flexibility index (Phi) is 3.08. The average molecular weight is 234 g/mol. The first kappa shape index (κ1) is 11.6. The van der Waals surface area contributed by atoms with E-state index in [0.717, 1.165) is 18.7 Å². The highest BCUT2D eigenvalue weighted by Gasteiger charge is 2.28. The van der Waals surface area contributed by atoms with Crippen molar-refractivity contribution in [1.82, 2.24) is 5.32 Å². The van der Waals surface area contributed by atoms with E-state index >= 15 is 0 Å². The van der Waals surface area contributed by atoms with Crippen molar-refractivity contribution in [2.75, 3.05) is 29.5 Å². The van der Waals surface area contributed by atoms with E-state index in [0.29, 0.717) is 17.9 Å². The highest BCUT2D eigenvalue weighted by Crippen LogP contribution is 2.26. The van der Waals surface area contributed by atoms with Crippen LogP contribution in [-0.4, -0.2) is 25.0 Å². The zero-order valence-electron chi connectivity index (χ0n) is 9.94. The predicted molar refractivity (Wildman–Crippen MR) is 69.7 cm³/mol. The molecule has 5 heteroatoms. The maximum Gasteiger partial charge on any atom is 0.242 e. The third-order valence-corrected chi connectivity index (χ3v) is 3.12. The second-order valence-corrected chi connectivity index (χ2v) is 4.22. The number of rotatable bonds is 2. The van der Waals surface area contributed by atoms with Gasteiger partial charge in [0.1, 0.15) is 6.04 Å². The number of piperazine rings is 1. The Morgan fingerprint density at radius 3 is 2.82 bits per heavy atom. The Hall–Kier alpha value is -1.91. The van der Waals surface area contributed by atoms with Crippen LogP contribution in [0.5, 0.6) is 0 Å². The normalized spacial score (nSPS) is 20.2. The summed E-state index contributed by atoms with van der Waals surface area (Å²) in [7, 11) is 0. The highest BCUT2D eigenvalue weighted by atomic mass is 16.2. The molecular formula is C12H18N4O. The molecule has 0 radical (unpaired) electrons. The number of nitrogens with two attached hydrogens (primary N) is 2. The van der Waals surface area contributed by atoms with Gasteiger partial charge < -0.3 is 21.7 Å². The first-order valence-corrected chi connectivity index (χ1v) is 5.83. The molecule has 1 unspecified atom stereocenters. The summed E-state index contributed by atoms with van der Waals surface area (Å²) in [6.07, 6.45) is 0.774. The molecule has 0 aromatic heterocycles. The van der Waals surface area contributed by atoms with E-state index in [9.17, 15) is 4.79 Å². The quantitative estimate of drug-likeness (QED) is 0.653. The Bertz CT molecular complexity index is 433. The second-order valence-electron chi connectivity index (χ2n) is 4.22. The zero-order chi connectivity index (χ0) is 12.4. The van der Waals surface area contributed by atoms with Gasteiger partial charge in [-0.2, -0.15) is 0 Å². The lowest BCUT2D eigenvalue weighted by Gasteiger charge is -2.36. The van der Waals surface area contributed by atoms with Crippen LogP contribution >= 0.6 is 0 Å². The van der Waals surface area contributed by atoms with Gasteiger partial charge in [-0.1, -0.05) is 6.92 Å². The maximum absolute atomic E-state index is 11.8. The van der Waals surface area contributed by atoms with Gasteiger partial charge in [-0.25, -0.2) is 0 Å². The summed E-state index contributed by atoms with van der Waals surface area (Å²) in [6, 6.07) is 5.40. The van der Waals surface area contributed by atoms with Crippen LogP contribution in [0, 0.1) is 0 Å². The van der Waals surface area contributed by atoms with Gasteiger partial charge in [-0.15, -0.1) is 0 Å². The van der Waals surface area contributed by atoms with Gasteiger partial charge in [0, 0.05) is 18.8 Å². The molecule has 1 aromatic carbocycles. The summed E-state index contributed by atoms with van der Waals surface area (Å²) in [5.41, 5.74) is 13.6. The third-order valence-electron chi connectivity index (χ3n) is 3.12. The fourth-order valence-corrected chi connectivity index (χ4v) is 2.17. The van der Waals surface area contributed by atoms with E-state index in [1.165, 1.54) is 0 Å². The van der Waals surface area contributed by atoms with Crippen LogP contribution in [0.25, 0.3) is 0 Å².